The third-order valence-corrected chi connectivity index (χ3v) is 3.00. The van der Waals surface area contributed by atoms with Crippen molar-refractivity contribution in [3.63, 3.8) is 0 Å². The molecule has 0 aliphatic heterocycles. The molecule has 6 heteroatoms. The lowest BCUT2D eigenvalue weighted by Gasteiger charge is -2.19. The Morgan fingerprint density at radius 2 is 1.71 bits per heavy atom. The molecule has 0 amide bonds. The van der Waals surface area contributed by atoms with E-state index in [1.54, 1.807) is 30.3 Å². The topological polar surface area (TPSA) is 32.3 Å². The van der Waals surface area contributed by atoms with Crippen LogP contribution in [0.2, 0.25) is 0 Å². The van der Waals surface area contributed by atoms with Crippen LogP contribution in [0.15, 0.2) is 48.5 Å². The molecule has 0 aliphatic rings. The Morgan fingerprint density at radius 1 is 1.05 bits per heavy atom. The molecule has 0 radical (unpaired) electrons. The minimum absolute atomic E-state index is 0.162. The maximum absolute atomic E-state index is 13.3. The van der Waals surface area contributed by atoms with Crippen molar-refractivity contribution < 1.29 is 22.7 Å². The second-order valence-corrected chi connectivity index (χ2v) is 4.48. The molecule has 2 rings (SSSR count). The van der Waals surface area contributed by atoms with Gasteiger partial charge in [-0.15, -0.1) is 0 Å². The summed E-state index contributed by atoms with van der Waals surface area (Å²) in [5.74, 6) is -1.33. The van der Waals surface area contributed by atoms with Crippen LogP contribution in [0.3, 0.4) is 0 Å². The molecule has 1 unspecified atom stereocenters. The molecule has 112 valence electrons. The van der Waals surface area contributed by atoms with Gasteiger partial charge in [0.2, 0.25) is 0 Å². The molecular weight excluding hydrogens is 286 g/mol. The van der Waals surface area contributed by atoms with Gasteiger partial charge >= 0.3 is 6.18 Å². The van der Waals surface area contributed by atoms with Crippen molar-refractivity contribution in [3.8, 4) is 0 Å². The van der Waals surface area contributed by atoms with E-state index in [9.17, 15) is 22.7 Å². The van der Waals surface area contributed by atoms with E-state index in [1.807, 2.05) is 0 Å². The summed E-state index contributed by atoms with van der Waals surface area (Å²) in [6, 6.07) is 10.7. The van der Waals surface area contributed by atoms with E-state index in [4.69, 9.17) is 0 Å². The summed E-state index contributed by atoms with van der Waals surface area (Å²) < 4.78 is 51.4. The largest absolute Gasteiger partial charge is 0.419 e. The van der Waals surface area contributed by atoms with E-state index >= 15 is 0 Å². The number of hydrogen-bond acceptors (Lipinski definition) is 2. The van der Waals surface area contributed by atoms with Gasteiger partial charge in [-0.25, -0.2) is 4.39 Å². The normalized spacial score (nSPS) is 13.0. The Kier molecular flexibility index (Phi) is 4.47. The van der Waals surface area contributed by atoms with Gasteiger partial charge in [-0.2, -0.15) is 13.2 Å². The summed E-state index contributed by atoms with van der Waals surface area (Å²) in [6.45, 7) is -0.419. The number of aliphatic hydroxyl groups is 1. The molecule has 2 nitrogen and oxygen atoms in total. The van der Waals surface area contributed by atoms with Crippen LogP contribution in [-0.2, 0) is 6.18 Å². The number of nitrogens with one attached hydrogen (secondary N) is 1. The van der Waals surface area contributed by atoms with Gasteiger partial charge < -0.3 is 10.4 Å². The Bertz CT molecular complexity index is 598. The highest BCUT2D eigenvalue weighted by atomic mass is 19.4. The van der Waals surface area contributed by atoms with Crippen molar-refractivity contribution in [2.75, 3.05) is 11.9 Å². The zero-order valence-electron chi connectivity index (χ0n) is 10.9. The number of alkyl halides is 3. The summed E-state index contributed by atoms with van der Waals surface area (Å²) in [7, 11) is 0. The molecule has 1 atom stereocenters. The Balaban J connectivity index is 2.30. The van der Waals surface area contributed by atoms with Gasteiger partial charge in [-0.3, -0.25) is 0 Å². The maximum atomic E-state index is 13.3. The van der Waals surface area contributed by atoms with Crippen LogP contribution in [0.5, 0.6) is 0 Å². The molecule has 0 aromatic heterocycles. The zero-order valence-corrected chi connectivity index (χ0v) is 10.9. The molecule has 21 heavy (non-hydrogen) atoms. The van der Waals surface area contributed by atoms with Crippen LogP contribution < -0.4 is 5.32 Å². The van der Waals surface area contributed by atoms with Crippen LogP contribution in [0.4, 0.5) is 23.2 Å². The molecule has 2 N–H and O–H groups in total. The predicted molar refractivity (Wildman–Crippen MR) is 71.3 cm³/mol. The molecular formula is C15H13F4NO. The van der Waals surface area contributed by atoms with Crippen LogP contribution >= 0.6 is 0 Å². The Morgan fingerprint density at radius 3 is 2.29 bits per heavy atom. The molecule has 0 saturated heterocycles. The van der Waals surface area contributed by atoms with Gasteiger partial charge in [0.15, 0.2) is 0 Å². The first-order valence-electron chi connectivity index (χ1n) is 6.21. The standard InChI is InChI=1S/C15H13F4NO/c16-13-7-6-10(8-12(13)15(17,18)19)14(9-21)20-11-4-2-1-3-5-11/h1-8,14,20-21H,9H2. The first-order valence-corrected chi connectivity index (χ1v) is 6.21. The van der Waals surface area contributed by atoms with E-state index in [-0.39, 0.29) is 5.56 Å². The van der Waals surface area contributed by atoms with Crippen LogP contribution in [0.25, 0.3) is 0 Å². The second-order valence-electron chi connectivity index (χ2n) is 4.48. The quantitative estimate of drug-likeness (QED) is 0.837. The van der Waals surface area contributed by atoms with Crippen molar-refractivity contribution in [2.24, 2.45) is 0 Å². The number of anilines is 1. The molecule has 2 aromatic carbocycles. The Labute approximate surface area is 119 Å². The molecule has 0 fully saturated rings. The number of benzene rings is 2. The monoisotopic (exact) mass is 299 g/mol. The lowest BCUT2D eigenvalue weighted by Crippen LogP contribution is -2.17. The number of rotatable bonds is 4. The lowest BCUT2D eigenvalue weighted by molar-refractivity contribution is -0.140. The van der Waals surface area contributed by atoms with Gasteiger partial charge in [-0.1, -0.05) is 24.3 Å². The highest BCUT2D eigenvalue weighted by Gasteiger charge is 2.34. The van der Waals surface area contributed by atoms with E-state index in [1.165, 1.54) is 6.07 Å². The Hall–Kier alpha value is -2.08. The first kappa shape index (κ1) is 15.3. The van der Waals surface area contributed by atoms with Gasteiger partial charge in [0.1, 0.15) is 5.82 Å². The van der Waals surface area contributed by atoms with Gasteiger partial charge in [0.25, 0.3) is 0 Å². The maximum Gasteiger partial charge on any atom is 0.419 e. The smallest absolute Gasteiger partial charge is 0.394 e. The summed E-state index contributed by atoms with van der Waals surface area (Å²) in [5.41, 5.74) is -0.530. The third-order valence-electron chi connectivity index (χ3n) is 3.00. The van der Waals surface area contributed by atoms with E-state index in [0.29, 0.717) is 11.8 Å². The minimum Gasteiger partial charge on any atom is -0.394 e. The summed E-state index contributed by atoms with van der Waals surface area (Å²) in [5, 5.41) is 12.3. The summed E-state index contributed by atoms with van der Waals surface area (Å²) >= 11 is 0. The average Bonchev–Trinajstić information content (AvgIpc) is 2.45. The molecule has 0 aliphatic carbocycles. The van der Waals surface area contributed by atoms with Gasteiger partial charge in [0, 0.05) is 5.69 Å². The number of hydrogen-bond donors (Lipinski definition) is 2. The van der Waals surface area contributed by atoms with Crippen molar-refractivity contribution in [1.29, 1.82) is 0 Å². The fourth-order valence-corrected chi connectivity index (χ4v) is 1.95. The molecule has 2 aromatic rings. The second kappa shape index (κ2) is 6.13. The number of halogens is 4. The zero-order chi connectivity index (χ0) is 15.5. The number of para-hydroxylation sites is 1. The fraction of sp³-hybridized carbons (Fsp3) is 0.200. The van der Waals surface area contributed by atoms with E-state index in [0.717, 1.165) is 6.07 Å². The first-order chi connectivity index (χ1) is 9.91. The van der Waals surface area contributed by atoms with E-state index < -0.39 is 30.2 Å². The highest BCUT2D eigenvalue weighted by Crippen LogP contribution is 2.33. The van der Waals surface area contributed by atoms with E-state index in [2.05, 4.69) is 5.32 Å². The highest BCUT2D eigenvalue weighted by molar-refractivity contribution is 5.45. The van der Waals surface area contributed by atoms with Crippen molar-refractivity contribution in [1.82, 2.24) is 0 Å². The fourth-order valence-electron chi connectivity index (χ4n) is 1.95. The van der Waals surface area contributed by atoms with Crippen LogP contribution in [0.1, 0.15) is 17.2 Å². The van der Waals surface area contributed by atoms with Crippen LogP contribution in [-0.4, -0.2) is 11.7 Å². The number of aliphatic hydroxyl groups excluding tert-OH is 1. The third kappa shape index (κ3) is 3.72. The SMILES string of the molecule is OCC(Nc1ccccc1)c1ccc(F)c(C(F)(F)F)c1. The molecule has 0 bridgehead atoms. The predicted octanol–water partition coefficient (Wildman–Crippen LogP) is 3.99. The van der Waals surface area contributed by atoms with Gasteiger partial charge in [-0.05, 0) is 29.8 Å². The van der Waals surface area contributed by atoms with Gasteiger partial charge in [0.05, 0.1) is 18.2 Å². The van der Waals surface area contributed by atoms with Crippen molar-refractivity contribution in [3.05, 3.63) is 65.5 Å². The summed E-state index contributed by atoms with van der Waals surface area (Å²) in [6.07, 6.45) is -4.77. The molecule has 0 heterocycles. The minimum atomic E-state index is -4.77. The molecule has 0 saturated carbocycles. The molecule has 0 spiro atoms. The van der Waals surface area contributed by atoms with Crippen molar-refractivity contribution in [2.45, 2.75) is 12.2 Å². The average molecular weight is 299 g/mol. The van der Waals surface area contributed by atoms with Crippen molar-refractivity contribution >= 4 is 5.69 Å². The summed E-state index contributed by atoms with van der Waals surface area (Å²) in [4.78, 5) is 0. The lowest BCUT2D eigenvalue weighted by atomic mass is 10.0. The van der Waals surface area contributed by atoms with Crippen LogP contribution in [0, 0.1) is 5.82 Å².